The number of esters is 1. The second kappa shape index (κ2) is 10.6. The number of carbonyl (C=O) groups excluding carboxylic acids is 2. The molecule has 0 heterocycles. The van der Waals surface area contributed by atoms with Crippen molar-refractivity contribution in [3.8, 4) is 17.2 Å². The van der Waals surface area contributed by atoms with E-state index >= 15 is 0 Å². The second-order valence-electron chi connectivity index (χ2n) is 6.00. The lowest BCUT2D eigenvalue weighted by atomic mass is 10.2. The molecule has 0 radical (unpaired) electrons. The van der Waals surface area contributed by atoms with Gasteiger partial charge in [-0.25, -0.2) is 0 Å². The Kier molecular flexibility index (Phi) is 7.98. The van der Waals surface area contributed by atoms with E-state index in [0.29, 0.717) is 22.8 Å². The zero-order valence-corrected chi connectivity index (χ0v) is 16.8. The molecule has 10 heteroatoms. The van der Waals surface area contributed by atoms with Crippen molar-refractivity contribution < 1.29 is 33.5 Å². The van der Waals surface area contributed by atoms with Crippen molar-refractivity contribution in [2.45, 2.75) is 13.0 Å². The number of nitrogens with zero attached hydrogens (tertiary/aromatic N) is 1. The Labute approximate surface area is 172 Å². The third kappa shape index (κ3) is 5.84. The lowest BCUT2D eigenvalue weighted by Crippen LogP contribution is -2.26. The van der Waals surface area contributed by atoms with Gasteiger partial charge in [0.1, 0.15) is 6.61 Å². The number of nitro benzene ring substituents is 1. The summed E-state index contributed by atoms with van der Waals surface area (Å²) >= 11 is 0. The SMILES string of the molecule is COc1cc(COC(=O)CCNC(=O)c2ccc([N+](=O)[O-])cc2)cc(OC)c1OC. The van der Waals surface area contributed by atoms with E-state index in [2.05, 4.69) is 5.32 Å². The van der Waals surface area contributed by atoms with Crippen LogP contribution in [0.15, 0.2) is 36.4 Å². The normalized spacial score (nSPS) is 10.1. The molecule has 0 aliphatic carbocycles. The summed E-state index contributed by atoms with van der Waals surface area (Å²) in [6.07, 6.45) is -0.0385. The standard InChI is InChI=1S/C20H22N2O8/c1-27-16-10-13(11-17(28-2)19(16)29-3)12-30-18(23)8-9-21-20(24)14-4-6-15(7-5-14)22(25)26/h4-7,10-11H,8-9,12H2,1-3H3,(H,21,24). The minimum atomic E-state index is -0.550. The van der Waals surface area contributed by atoms with Crippen molar-refractivity contribution in [3.63, 3.8) is 0 Å². The number of ether oxygens (including phenoxy) is 4. The molecule has 1 N–H and O–H groups in total. The molecule has 0 aliphatic heterocycles. The van der Waals surface area contributed by atoms with Crippen LogP contribution in [0.25, 0.3) is 0 Å². The van der Waals surface area contributed by atoms with E-state index in [1.165, 1.54) is 45.6 Å². The fourth-order valence-corrected chi connectivity index (χ4v) is 2.57. The van der Waals surface area contributed by atoms with Crippen molar-refractivity contribution in [1.29, 1.82) is 0 Å². The van der Waals surface area contributed by atoms with Gasteiger partial charge >= 0.3 is 5.97 Å². The number of rotatable bonds is 10. The van der Waals surface area contributed by atoms with Crippen LogP contribution in [0.2, 0.25) is 0 Å². The Morgan fingerprint density at radius 2 is 1.60 bits per heavy atom. The van der Waals surface area contributed by atoms with Gasteiger partial charge in [0.2, 0.25) is 5.75 Å². The number of nitrogens with one attached hydrogen (secondary N) is 1. The quantitative estimate of drug-likeness (QED) is 0.354. The van der Waals surface area contributed by atoms with Gasteiger partial charge in [-0.3, -0.25) is 19.7 Å². The minimum absolute atomic E-state index is 0.00809. The van der Waals surface area contributed by atoms with Gasteiger partial charge < -0.3 is 24.3 Å². The van der Waals surface area contributed by atoms with Crippen LogP contribution >= 0.6 is 0 Å². The Morgan fingerprint density at radius 1 is 1.00 bits per heavy atom. The number of benzene rings is 2. The first-order chi connectivity index (χ1) is 14.4. The smallest absolute Gasteiger partial charge is 0.307 e. The van der Waals surface area contributed by atoms with E-state index in [4.69, 9.17) is 18.9 Å². The molecule has 0 spiro atoms. The molecule has 2 aromatic rings. The van der Waals surface area contributed by atoms with Crippen LogP contribution in [-0.2, 0) is 16.1 Å². The highest BCUT2D eigenvalue weighted by atomic mass is 16.6. The van der Waals surface area contributed by atoms with Crippen molar-refractivity contribution in [3.05, 3.63) is 57.6 Å². The fourth-order valence-electron chi connectivity index (χ4n) is 2.57. The number of amides is 1. The molecule has 0 saturated heterocycles. The number of carbonyl (C=O) groups is 2. The zero-order chi connectivity index (χ0) is 22.1. The van der Waals surface area contributed by atoms with E-state index < -0.39 is 16.8 Å². The minimum Gasteiger partial charge on any atom is -0.493 e. The first-order valence-electron chi connectivity index (χ1n) is 8.86. The van der Waals surface area contributed by atoms with Gasteiger partial charge in [0.05, 0.1) is 32.7 Å². The molecule has 30 heavy (non-hydrogen) atoms. The number of non-ortho nitro benzene ring substituents is 1. The van der Waals surface area contributed by atoms with Gasteiger partial charge in [-0.15, -0.1) is 0 Å². The molecule has 0 unspecified atom stereocenters. The maximum atomic E-state index is 12.0. The average Bonchev–Trinajstić information content (AvgIpc) is 2.76. The summed E-state index contributed by atoms with van der Waals surface area (Å²) in [5.74, 6) is 0.371. The van der Waals surface area contributed by atoms with Gasteiger partial charge in [-0.05, 0) is 29.8 Å². The first kappa shape index (κ1) is 22.5. The molecule has 2 aromatic carbocycles. The zero-order valence-electron chi connectivity index (χ0n) is 16.8. The molecule has 0 atom stereocenters. The van der Waals surface area contributed by atoms with Gasteiger partial charge in [0.15, 0.2) is 11.5 Å². The summed E-state index contributed by atoms with van der Waals surface area (Å²) in [6.45, 7) is 0.0513. The topological polar surface area (TPSA) is 126 Å². The van der Waals surface area contributed by atoms with E-state index in [1.807, 2.05) is 0 Å². The van der Waals surface area contributed by atoms with Crippen LogP contribution in [-0.4, -0.2) is 44.7 Å². The van der Waals surface area contributed by atoms with E-state index in [-0.39, 0.29) is 30.8 Å². The van der Waals surface area contributed by atoms with Gasteiger partial charge in [-0.2, -0.15) is 0 Å². The Balaban J connectivity index is 1.84. The van der Waals surface area contributed by atoms with E-state index in [1.54, 1.807) is 12.1 Å². The molecule has 0 bridgehead atoms. The van der Waals surface area contributed by atoms with Crippen molar-refractivity contribution >= 4 is 17.6 Å². The molecule has 160 valence electrons. The molecule has 10 nitrogen and oxygen atoms in total. The highest BCUT2D eigenvalue weighted by Crippen LogP contribution is 2.38. The van der Waals surface area contributed by atoms with Crippen LogP contribution in [0.1, 0.15) is 22.3 Å². The summed E-state index contributed by atoms with van der Waals surface area (Å²) in [4.78, 5) is 34.0. The third-order valence-corrected chi connectivity index (χ3v) is 4.08. The molecule has 2 rings (SSSR count). The molecular formula is C20H22N2O8. The third-order valence-electron chi connectivity index (χ3n) is 4.08. The van der Waals surface area contributed by atoms with Crippen molar-refractivity contribution in [2.75, 3.05) is 27.9 Å². The molecule has 0 saturated carbocycles. The monoisotopic (exact) mass is 418 g/mol. The van der Waals surface area contributed by atoms with Crippen molar-refractivity contribution in [1.82, 2.24) is 5.32 Å². The van der Waals surface area contributed by atoms with E-state index in [9.17, 15) is 19.7 Å². The number of methoxy groups -OCH3 is 3. The molecule has 0 fully saturated rings. The van der Waals surface area contributed by atoms with Crippen LogP contribution in [0.3, 0.4) is 0 Å². The van der Waals surface area contributed by atoms with Crippen LogP contribution in [0.5, 0.6) is 17.2 Å². The Morgan fingerprint density at radius 3 is 2.10 bits per heavy atom. The van der Waals surface area contributed by atoms with Crippen LogP contribution in [0.4, 0.5) is 5.69 Å². The first-order valence-corrected chi connectivity index (χ1v) is 8.86. The highest BCUT2D eigenvalue weighted by Gasteiger charge is 2.15. The maximum absolute atomic E-state index is 12.0. The van der Waals surface area contributed by atoms with Crippen LogP contribution in [0, 0.1) is 10.1 Å². The summed E-state index contributed by atoms with van der Waals surface area (Å²) in [5.41, 5.74) is 0.793. The lowest BCUT2D eigenvalue weighted by molar-refractivity contribution is -0.384. The predicted octanol–water partition coefficient (Wildman–Crippen LogP) is 2.48. The number of hydrogen-bond acceptors (Lipinski definition) is 8. The van der Waals surface area contributed by atoms with Gasteiger partial charge in [0.25, 0.3) is 11.6 Å². The van der Waals surface area contributed by atoms with Gasteiger partial charge in [-0.1, -0.05) is 0 Å². The number of hydrogen-bond donors (Lipinski definition) is 1. The Bertz CT molecular complexity index is 887. The average molecular weight is 418 g/mol. The highest BCUT2D eigenvalue weighted by molar-refractivity contribution is 5.94. The molecule has 1 amide bonds. The van der Waals surface area contributed by atoms with Crippen LogP contribution < -0.4 is 19.5 Å². The Hall–Kier alpha value is -3.82. The number of nitro groups is 1. The van der Waals surface area contributed by atoms with Crippen molar-refractivity contribution in [2.24, 2.45) is 0 Å². The largest absolute Gasteiger partial charge is 0.493 e. The molecule has 0 aliphatic rings. The summed E-state index contributed by atoms with van der Waals surface area (Å²) in [7, 11) is 4.46. The second-order valence-corrected chi connectivity index (χ2v) is 6.00. The van der Waals surface area contributed by atoms with E-state index in [0.717, 1.165) is 0 Å². The maximum Gasteiger partial charge on any atom is 0.307 e. The molecular weight excluding hydrogens is 396 g/mol. The summed E-state index contributed by atoms with van der Waals surface area (Å²) in [6, 6.07) is 8.50. The molecule has 0 aromatic heterocycles. The summed E-state index contributed by atoms with van der Waals surface area (Å²) in [5, 5.41) is 13.2. The summed E-state index contributed by atoms with van der Waals surface area (Å²) < 4.78 is 21.0. The lowest BCUT2D eigenvalue weighted by Gasteiger charge is -2.14. The predicted molar refractivity (Wildman–Crippen MR) is 106 cm³/mol. The van der Waals surface area contributed by atoms with Gasteiger partial charge in [0, 0.05) is 24.2 Å². The fraction of sp³-hybridized carbons (Fsp3) is 0.300.